The Hall–Kier alpha value is -2.03. The molecule has 92 valence electrons. The molecule has 0 aliphatic carbocycles. The van der Waals surface area contributed by atoms with Crippen molar-refractivity contribution in [1.29, 1.82) is 0 Å². The van der Waals surface area contributed by atoms with E-state index in [0.29, 0.717) is 18.0 Å². The van der Waals surface area contributed by atoms with Crippen LogP contribution in [0, 0.1) is 12.3 Å². The number of unbranched alkanes of at least 4 members (excludes halogenated alkanes) is 2. The van der Waals surface area contributed by atoms with Gasteiger partial charge in [-0.05, 0) is 12.8 Å². The molecule has 6 heteroatoms. The molecule has 1 saturated heterocycles. The highest BCUT2D eigenvalue weighted by atomic mass is 16.7. The third-order valence-corrected chi connectivity index (χ3v) is 2.20. The molecule has 1 aliphatic heterocycles. The van der Waals surface area contributed by atoms with E-state index in [2.05, 4.69) is 16.1 Å². The van der Waals surface area contributed by atoms with Gasteiger partial charge in [-0.3, -0.25) is 9.59 Å². The molecular formula is C11H14N2O4. The van der Waals surface area contributed by atoms with Gasteiger partial charge in [0.15, 0.2) is 0 Å². The molecule has 0 atom stereocenters. The summed E-state index contributed by atoms with van der Waals surface area (Å²) in [6, 6.07) is 0. The molecule has 1 aliphatic rings. The molecule has 1 N–H and O–H groups in total. The highest BCUT2D eigenvalue weighted by Crippen LogP contribution is 2.11. The monoisotopic (exact) mass is 238 g/mol. The van der Waals surface area contributed by atoms with Crippen LogP contribution in [-0.2, 0) is 14.4 Å². The van der Waals surface area contributed by atoms with Gasteiger partial charge in [-0.1, -0.05) is 0 Å². The second-order valence-electron chi connectivity index (χ2n) is 3.55. The molecule has 1 heterocycles. The number of hydrogen-bond acceptors (Lipinski definition) is 4. The Morgan fingerprint density at radius 3 is 2.59 bits per heavy atom. The van der Waals surface area contributed by atoms with Crippen LogP contribution in [0.2, 0.25) is 0 Å². The summed E-state index contributed by atoms with van der Waals surface area (Å²) >= 11 is 0. The smallest absolute Gasteiger partial charge is 0.320 e. The summed E-state index contributed by atoms with van der Waals surface area (Å²) in [5, 5.41) is 2.94. The number of nitrogens with zero attached hydrogens (tertiary/aromatic N) is 1. The van der Waals surface area contributed by atoms with Crippen molar-refractivity contribution in [2.75, 3.05) is 6.54 Å². The normalized spacial score (nSPS) is 14.6. The van der Waals surface area contributed by atoms with Gasteiger partial charge in [0.05, 0.1) is 0 Å². The summed E-state index contributed by atoms with van der Waals surface area (Å²) in [6.07, 6.45) is 6.63. The Morgan fingerprint density at radius 1 is 1.35 bits per heavy atom. The zero-order chi connectivity index (χ0) is 12.7. The van der Waals surface area contributed by atoms with Gasteiger partial charge in [-0.2, -0.15) is 0 Å². The lowest BCUT2D eigenvalue weighted by atomic mass is 10.2. The molecule has 3 amide bonds. The Bertz CT molecular complexity index is 343. The Morgan fingerprint density at radius 2 is 2.00 bits per heavy atom. The first-order valence-electron chi connectivity index (χ1n) is 5.40. The van der Waals surface area contributed by atoms with E-state index < -0.39 is 17.9 Å². The second-order valence-corrected chi connectivity index (χ2v) is 3.55. The van der Waals surface area contributed by atoms with E-state index in [9.17, 15) is 14.4 Å². The van der Waals surface area contributed by atoms with Gasteiger partial charge in [0.2, 0.25) is 0 Å². The van der Waals surface area contributed by atoms with Crippen molar-refractivity contribution >= 4 is 17.9 Å². The molecule has 1 fully saturated rings. The minimum Gasteiger partial charge on any atom is -0.320 e. The van der Waals surface area contributed by atoms with E-state index in [0.717, 1.165) is 12.8 Å². The van der Waals surface area contributed by atoms with Gasteiger partial charge in [-0.15, -0.1) is 17.4 Å². The first kappa shape index (κ1) is 13.0. The van der Waals surface area contributed by atoms with Gasteiger partial charge in [0.1, 0.15) is 0 Å². The summed E-state index contributed by atoms with van der Waals surface area (Å²) in [4.78, 5) is 38.0. The van der Waals surface area contributed by atoms with Crippen LogP contribution in [0.25, 0.3) is 0 Å². The zero-order valence-electron chi connectivity index (χ0n) is 9.40. The van der Waals surface area contributed by atoms with Crippen LogP contribution >= 0.6 is 0 Å². The predicted octanol–water partition coefficient (Wildman–Crippen LogP) is 0.580. The van der Waals surface area contributed by atoms with Crippen LogP contribution in [0.1, 0.15) is 32.1 Å². The van der Waals surface area contributed by atoms with Crippen LogP contribution in [-0.4, -0.2) is 29.5 Å². The average molecular weight is 238 g/mol. The zero-order valence-corrected chi connectivity index (χ0v) is 9.40. The van der Waals surface area contributed by atoms with Crippen molar-refractivity contribution in [2.24, 2.45) is 0 Å². The Kier molecular flexibility index (Phi) is 5.01. The standard InChI is InChI=1S/C11H14N2O4/c1-2-3-4-5-8-12-11(16)17-13-9(14)6-7-10(13)15/h1H,3-8H2,(H,12,16). The van der Waals surface area contributed by atoms with Crippen LogP contribution in [0.4, 0.5) is 4.79 Å². The summed E-state index contributed by atoms with van der Waals surface area (Å²) in [6.45, 7) is 0.400. The molecule has 6 nitrogen and oxygen atoms in total. The topological polar surface area (TPSA) is 75.7 Å². The third-order valence-electron chi connectivity index (χ3n) is 2.20. The van der Waals surface area contributed by atoms with E-state index in [1.807, 2.05) is 0 Å². The number of imide groups is 1. The van der Waals surface area contributed by atoms with Crippen LogP contribution in [0.15, 0.2) is 0 Å². The first-order valence-corrected chi connectivity index (χ1v) is 5.40. The van der Waals surface area contributed by atoms with Crippen molar-refractivity contribution in [3.05, 3.63) is 0 Å². The van der Waals surface area contributed by atoms with Crippen LogP contribution < -0.4 is 5.32 Å². The summed E-state index contributed by atoms with van der Waals surface area (Å²) < 4.78 is 0. The lowest BCUT2D eigenvalue weighted by Crippen LogP contribution is -2.37. The number of hydroxylamine groups is 2. The minimum absolute atomic E-state index is 0.0916. The SMILES string of the molecule is C#CCCCCNC(=O)ON1C(=O)CCC1=O. The summed E-state index contributed by atoms with van der Waals surface area (Å²) in [7, 11) is 0. The number of terminal acetylenes is 1. The Balaban J connectivity index is 2.19. The summed E-state index contributed by atoms with van der Waals surface area (Å²) in [5.74, 6) is 1.51. The van der Waals surface area contributed by atoms with E-state index in [1.165, 1.54) is 0 Å². The van der Waals surface area contributed by atoms with Crippen molar-refractivity contribution in [1.82, 2.24) is 10.4 Å². The van der Waals surface area contributed by atoms with Crippen LogP contribution in [0.3, 0.4) is 0 Å². The highest BCUT2D eigenvalue weighted by molar-refractivity contribution is 6.01. The molecule has 0 saturated carbocycles. The third kappa shape index (κ3) is 4.15. The number of hydrogen-bond donors (Lipinski definition) is 1. The van der Waals surface area contributed by atoms with Gasteiger partial charge >= 0.3 is 6.09 Å². The molecule has 0 radical (unpaired) electrons. The van der Waals surface area contributed by atoms with Gasteiger partial charge in [0, 0.05) is 25.8 Å². The first-order chi connectivity index (χ1) is 8.15. The fourth-order valence-corrected chi connectivity index (χ4v) is 1.32. The molecule has 0 spiro atoms. The molecule has 0 unspecified atom stereocenters. The quantitative estimate of drug-likeness (QED) is 0.432. The Labute approximate surface area is 99.2 Å². The van der Waals surface area contributed by atoms with Gasteiger partial charge in [-0.25, -0.2) is 4.79 Å². The largest absolute Gasteiger partial charge is 0.432 e. The van der Waals surface area contributed by atoms with E-state index >= 15 is 0 Å². The number of nitrogens with one attached hydrogen (secondary N) is 1. The highest BCUT2D eigenvalue weighted by Gasteiger charge is 2.32. The number of rotatable bonds is 5. The number of amides is 3. The van der Waals surface area contributed by atoms with Crippen LogP contribution in [0.5, 0.6) is 0 Å². The van der Waals surface area contributed by atoms with Gasteiger partial charge < -0.3 is 10.2 Å². The predicted molar refractivity (Wildman–Crippen MR) is 58.3 cm³/mol. The average Bonchev–Trinajstić information content (AvgIpc) is 2.60. The van der Waals surface area contributed by atoms with Gasteiger partial charge in [0.25, 0.3) is 11.8 Å². The molecule has 0 bridgehead atoms. The number of carbonyl (C=O) groups excluding carboxylic acids is 3. The van der Waals surface area contributed by atoms with Crippen molar-refractivity contribution in [2.45, 2.75) is 32.1 Å². The molecule has 0 aromatic rings. The lowest BCUT2D eigenvalue weighted by Gasteiger charge is -2.12. The maximum atomic E-state index is 11.2. The fourth-order valence-electron chi connectivity index (χ4n) is 1.32. The maximum Gasteiger partial charge on any atom is 0.432 e. The van der Waals surface area contributed by atoms with E-state index in [4.69, 9.17) is 6.42 Å². The molecular weight excluding hydrogens is 224 g/mol. The molecule has 17 heavy (non-hydrogen) atoms. The van der Waals surface area contributed by atoms with E-state index in [1.54, 1.807) is 0 Å². The van der Waals surface area contributed by atoms with E-state index in [-0.39, 0.29) is 12.8 Å². The molecule has 0 aromatic heterocycles. The fraction of sp³-hybridized carbons (Fsp3) is 0.545. The number of carbonyl (C=O) groups is 3. The van der Waals surface area contributed by atoms with Crippen molar-refractivity contribution in [3.8, 4) is 12.3 Å². The second kappa shape index (κ2) is 6.53. The van der Waals surface area contributed by atoms with Crippen molar-refractivity contribution < 1.29 is 19.2 Å². The van der Waals surface area contributed by atoms with Crippen molar-refractivity contribution in [3.63, 3.8) is 0 Å². The lowest BCUT2D eigenvalue weighted by molar-refractivity contribution is -0.171. The molecule has 1 rings (SSSR count). The molecule has 0 aromatic carbocycles. The maximum absolute atomic E-state index is 11.2. The minimum atomic E-state index is -0.797. The summed E-state index contributed by atoms with van der Waals surface area (Å²) in [5.41, 5.74) is 0.